The third-order valence-electron chi connectivity index (χ3n) is 3.67. The number of rotatable bonds is 14. The van der Waals surface area contributed by atoms with E-state index in [0.717, 1.165) is 0 Å². The summed E-state index contributed by atoms with van der Waals surface area (Å²) in [7, 11) is -43.0. The summed E-state index contributed by atoms with van der Waals surface area (Å²) in [5.41, 5.74) is 0. The summed E-state index contributed by atoms with van der Waals surface area (Å²) in [5, 5.41) is 10.5. The molecule has 40 heavy (non-hydrogen) atoms. The molecule has 27 nitrogen and oxygen atoms in total. The highest BCUT2D eigenvalue weighted by molar-refractivity contribution is 7.61. The zero-order chi connectivity index (χ0) is 31.9. The molecule has 1 fully saturated rings. The molecule has 1 rings (SSSR count). The van der Waals surface area contributed by atoms with Crippen LogP contribution in [0.1, 0.15) is 0 Å². The zero-order valence-corrected chi connectivity index (χ0v) is 24.4. The molecule has 0 heterocycles. The first kappa shape index (κ1) is 38.8. The quantitative estimate of drug-likeness (QED) is 0.0788. The predicted molar refractivity (Wildman–Crippen MR) is 112 cm³/mol. The van der Waals surface area contributed by atoms with Crippen molar-refractivity contribution in [3.8, 4) is 0 Å². The van der Waals surface area contributed by atoms with Crippen molar-refractivity contribution < 1.29 is 127 Å². The van der Waals surface area contributed by atoms with Crippen LogP contribution in [0, 0.1) is 0 Å². The fraction of sp³-hybridized carbons (Fsp3) is 1.00. The predicted octanol–water partition coefficient (Wildman–Crippen LogP) is -3.02. The van der Waals surface area contributed by atoms with E-state index in [9.17, 15) is 66.4 Å². The molecule has 0 aliphatic heterocycles. The monoisotopic (exact) mass is 740 g/mol. The fourth-order valence-electron chi connectivity index (χ4n) is 2.83. The first-order chi connectivity index (χ1) is 17.3. The Bertz CT molecular complexity index is 1230. The largest absolute Gasteiger partial charge is 0.481 e. The summed E-state index contributed by atoms with van der Waals surface area (Å²) in [6.45, 7) is 0. The van der Waals surface area contributed by atoms with Gasteiger partial charge in [0.05, 0.1) is 0 Å². The summed E-state index contributed by atoms with van der Waals surface area (Å²) in [4.78, 5) is 109. The van der Waals surface area contributed by atoms with E-state index in [1.54, 1.807) is 0 Å². The average molecular weight is 740 g/mol. The van der Waals surface area contributed by atoms with Crippen LogP contribution in [0.4, 0.5) is 0 Å². The molecule has 34 heteroatoms. The number of phosphoric ester groups is 5. The Labute approximate surface area is 219 Å². The average Bonchev–Trinajstić information content (AvgIpc) is 2.57. The standard InChI is InChI=1S/C6H19O27P7/c7-1-2(27-34(8,9)10)5(31-40(25,26)33-38(20,21)22)6(29-36(14,15)16)4(28-35(11,12)13)3(1)30-39(23,24)32-37(17,18)19/h1-7H,(H,23,24)(H,25,26)(H2,8,9,10)(H2,11,12,13)(H2,14,15,16)(H2,17,18,19)(H2,20,21,22)/t1-,2-,3+,4-,5-,6+/m0/s1. The van der Waals surface area contributed by atoms with Crippen LogP contribution in [0.5, 0.6) is 0 Å². The summed E-state index contributed by atoms with van der Waals surface area (Å²) in [6.07, 6.45) is -19.5. The Morgan fingerprint density at radius 2 is 0.575 bits per heavy atom. The molecule has 0 radical (unpaired) electrons. The molecule has 0 saturated heterocycles. The second-order valence-electron chi connectivity index (χ2n) is 6.89. The van der Waals surface area contributed by atoms with E-state index < -0.39 is 91.4 Å². The fourth-order valence-corrected chi connectivity index (χ4v) is 8.07. The number of aliphatic hydroxyl groups excluding tert-OH is 1. The van der Waals surface area contributed by atoms with Gasteiger partial charge in [-0.25, -0.2) is 32.0 Å². The van der Waals surface area contributed by atoms with E-state index in [0.29, 0.717) is 0 Å². The van der Waals surface area contributed by atoms with Gasteiger partial charge in [-0.1, -0.05) is 0 Å². The van der Waals surface area contributed by atoms with Crippen LogP contribution in [0.2, 0.25) is 0 Å². The third-order valence-corrected chi connectivity index (χ3v) is 9.60. The van der Waals surface area contributed by atoms with Crippen LogP contribution >= 0.6 is 54.8 Å². The minimum atomic E-state index is -6.34. The minimum absolute atomic E-state index is 3.20. The summed E-state index contributed by atoms with van der Waals surface area (Å²) >= 11 is 0. The highest BCUT2D eigenvalue weighted by atomic mass is 31.3. The highest BCUT2D eigenvalue weighted by Crippen LogP contribution is 2.63. The molecule has 2 unspecified atom stereocenters. The van der Waals surface area contributed by atoms with Crippen LogP contribution in [-0.2, 0) is 63.2 Å². The van der Waals surface area contributed by atoms with E-state index in [1.807, 2.05) is 0 Å². The SMILES string of the molecule is O=P(O)(O)O[C@@H]1[C@@H](OP(=O)(O)O)[C@H](OP(=O)(O)OP(=O)(O)O)[C@@H](O)[C@H](OP(=O)(O)O)[C@@H]1OP(=O)(O)OP(=O)(O)O. The molecule has 0 aromatic heterocycles. The number of hydrogen-bond donors (Lipinski definition) is 13. The lowest BCUT2D eigenvalue weighted by molar-refractivity contribution is -0.205. The van der Waals surface area contributed by atoms with Crippen LogP contribution in [0.15, 0.2) is 0 Å². The van der Waals surface area contributed by atoms with Gasteiger partial charge in [0.15, 0.2) is 0 Å². The second kappa shape index (κ2) is 13.0. The van der Waals surface area contributed by atoms with E-state index >= 15 is 0 Å². The Morgan fingerprint density at radius 3 is 0.875 bits per heavy atom. The molecule has 0 aromatic carbocycles. The molecule has 0 aromatic rings. The zero-order valence-electron chi connectivity index (χ0n) is 18.1. The molecular formula is C6H19O27P7. The van der Waals surface area contributed by atoms with E-state index in [4.69, 9.17) is 29.4 Å². The maximum Gasteiger partial charge on any atom is 0.481 e. The molecule has 0 amide bonds. The Morgan fingerprint density at radius 1 is 0.350 bits per heavy atom. The first-order valence-electron chi connectivity index (χ1n) is 8.76. The minimum Gasteiger partial charge on any atom is -0.387 e. The van der Waals surface area contributed by atoms with Gasteiger partial charge in [-0.15, -0.1) is 0 Å². The van der Waals surface area contributed by atoms with Gasteiger partial charge in [-0.2, -0.15) is 8.62 Å². The van der Waals surface area contributed by atoms with Gasteiger partial charge < -0.3 is 63.8 Å². The van der Waals surface area contributed by atoms with E-state index in [1.165, 1.54) is 0 Å². The maximum absolute atomic E-state index is 12.1. The molecule has 1 aliphatic carbocycles. The molecular weight excluding hydrogens is 721 g/mol. The van der Waals surface area contributed by atoms with Gasteiger partial charge >= 0.3 is 54.8 Å². The summed E-state index contributed by atoms with van der Waals surface area (Å²) in [6, 6.07) is 0. The van der Waals surface area contributed by atoms with Crippen molar-refractivity contribution >= 4 is 54.8 Å². The Hall–Kier alpha value is 0.810. The topological polar surface area (TPSA) is 447 Å². The van der Waals surface area contributed by atoms with Gasteiger partial charge in [0.2, 0.25) is 0 Å². The van der Waals surface area contributed by atoms with Gasteiger partial charge in [-0.3, -0.25) is 22.6 Å². The van der Waals surface area contributed by atoms with E-state index in [-0.39, 0.29) is 0 Å². The molecule has 0 spiro atoms. The molecule has 8 atom stereocenters. The van der Waals surface area contributed by atoms with Crippen LogP contribution in [-0.4, -0.2) is 100 Å². The molecule has 1 saturated carbocycles. The number of phosphoric acid groups is 7. The molecule has 13 N–H and O–H groups in total. The summed E-state index contributed by atoms with van der Waals surface area (Å²) in [5.74, 6) is 0. The van der Waals surface area contributed by atoms with Gasteiger partial charge in [0.1, 0.15) is 36.6 Å². The van der Waals surface area contributed by atoms with Crippen molar-refractivity contribution in [2.75, 3.05) is 0 Å². The summed E-state index contributed by atoms with van der Waals surface area (Å²) < 4.78 is 108. The highest BCUT2D eigenvalue weighted by Gasteiger charge is 2.61. The second-order valence-corrected chi connectivity index (χ2v) is 16.0. The van der Waals surface area contributed by atoms with E-state index in [2.05, 4.69) is 31.2 Å². The van der Waals surface area contributed by atoms with Crippen LogP contribution < -0.4 is 0 Å². The van der Waals surface area contributed by atoms with Gasteiger partial charge in [-0.05, 0) is 0 Å². The van der Waals surface area contributed by atoms with Crippen molar-refractivity contribution in [1.29, 1.82) is 0 Å². The van der Waals surface area contributed by atoms with Crippen molar-refractivity contribution in [3.05, 3.63) is 0 Å². The lowest BCUT2D eigenvalue weighted by Gasteiger charge is -2.47. The van der Waals surface area contributed by atoms with Crippen molar-refractivity contribution in [2.24, 2.45) is 0 Å². The van der Waals surface area contributed by atoms with Crippen molar-refractivity contribution in [2.45, 2.75) is 36.6 Å². The van der Waals surface area contributed by atoms with Crippen LogP contribution in [0.3, 0.4) is 0 Å². The Kier molecular flexibility index (Phi) is 12.7. The molecule has 1 aliphatic rings. The third kappa shape index (κ3) is 14.5. The number of aliphatic hydroxyl groups is 1. The smallest absolute Gasteiger partial charge is 0.387 e. The van der Waals surface area contributed by atoms with Crippen molar-refractivity contribution in [3.63, 3.8) is 0 Å². The van der Waals surface area contributed by atoms with Gasteiger partial charge in [0.25, 0.3) is 0 Å². The maximum atomic E-state index is 12.1. The first-order valence-corrected chi connectivity index (χ1v) is 19.4. The molecule has 0 bridgehead atoms. The van der Waals surface area contributed by atoms with Crippen LogP contribution in [0.25, 0.3) is 0 Å². The molecule has 240 valence electrons. The Balaban J connectivity index is 3.93. The number of hydrogen-bond acceptors (Lipinski definition) is 15. The lowest BCUT2D eigenvalue weighted by atomic mass is 9.85. The normalized spacial score (nSPS) is 30.4. The van der Waals surface area contributed by atoms with Crippen molar-refractivity contribution in [1.82, 2.24) is 0 Å². The van der Waals surface area contributed by atoms with Gasteiger partial charge in [0, 0.05) is 0 Å². The lowest BCUT2D eigenvalue weighted by Crippen LogP contribution is -2.66.